The van der Waals surface area contributed by atoms with E-state index in [-0.39, 0.29) is 6.04 Å². The third kappa shape index (κ3) is 2.96. The van der Waals surface area contributed by atoms with Crippen LogP contribution in [0.1, 0.15) is 22.9 Å². The Labute approximate surface area is 110 Å². The van der Waals surface area contributed by atoms with Crippen molar-refractivity contribution in [1.29, 1.82) is 0 Å². The first-order valence-electron chi connectivity index (χ1n) is 5.56. The molecule has 2 aromatic rings. The monoisotopic (exact) mass is 293 g/mol. The highest BCUT2D eigenvalue weighted by atomic mass is 79.9. The van der Waals surface area contributed by atoms with Gasteiger partial charge in [-0.2, -0.15) is 5.10 Å². The van der Waals surface area contributed by atoms with Gasteiger partial charge in [0.05, 0.1) is 5.69 Å². The summed E-state index contributed by atoms with van der Waals surface area (Å²) >= 11 is 3.54. The van der Waals surface area contributed by atoms with Gasteiger partial charge in [0.2, 0.25) is 0 Å². The Hall–Kier alpha value is -1.13. The summed E-state index contributed by atoms with van der Waals surface area (Å²) in [5, 5.41) is 4.35. The molecular formula is C13H16BrN3. The average Bonchev–Trinajstić information content (AvgIpc) is 2.67. The molecule has 1 unspecified atom stereocenters. The summed E-state index contributed by atoms with van der Waals surface area (Å²) in [7, 11) is 1.91. The van der Waals surface area contributed by atoms with Gasteiger partial charge in [0.1, 0.15) is 0 Å². The van der Waals surface area contributed by atoms with E-state index in [4.69, 9.17) is 5.73 Å². The molecule has 0 amide bonds. The Morgan fingerprint density at radius 3 is 2.82 bits per heavy atom. The molecule has 1 aromatic heterocycles. The molecule has 1 aromatic carbocycles. The maximum absolute atomic E-state index is 6.23. The number of rotatable bonds is 3. The smallest absolute Gasteiger partial charge is 0.0643 e. The maximum atomic E-state index is 6.23. The third-order valence-electron chi connectivity index (χ3n) is 2.75. The van der Waals surface area contributed by atoms with Crippen molar-refractivity contribution in [3.05, 3.63) is 51.8 Å². The topological polar surface area (TPSA) is 43.8 Å². The molecule has 0 radical (unpaired) electrons. The summed E-state index contributed by atoms with van der Waals surface area (Å²) in [5.74, 6) is 0. The maximum Gasteiger partial charge on any atom is 0.0643 e. The highest BCUT2D eigenvalue weighted by Gasteiger charge is 2.12. The zero-order valence-electron chi connectivity index (χ0n) is 10.0. The minimum atomic E-state index is -0.0285. The van der Waals surface area contributed by atoms with E-state index in [2.05, 4.69) is 40.1 Å². The summed E-state index contributed by atoms with van der Waals surface area (Å²) < 4.78 is 2.86. The van der Waals surface area contributed by atoms with Gasteiger partial charge in [-0.05, 0) is 24.6 Å². The first kappa shape index (κ1) is 12.3. The molecule has 2 rings (SSSR count). The number of halogens is 1. The fraction of sp³-hybridized carbons (Fsp3) is 0.308. The molecule has 0 bridgehead atoms. The van der Waals surface area contributed by atoms with E-state index >= 15 is 0 Å². The number of aromatic nitrogens is 2. The lowest BCUT2D eigenvalue weighted by molar-refractivity contribution is 0.673. The van der Waals surface area contributed by atoms with Crippen LogP contribution < -0.4 is 5.73 Å². The van der Waals surface area contributed by atoms with Gasteiger partial charge in [-0.3, -0.25) is 4.68 Å². The Morgan fingerprint density at radius 1 is 1.41 bits per heavy atom. The van der Waals surface area contributed by atoms with E-state index in [0.717, 1.165) is 22.2 Å². The fourth-order valence-electron chi connectivity index (χ4n) is 1.85. The summed E-state index contributed by atoms with van der Waals surface area (Å²) in [6.45, 7) is 2.07. The zero-order chi connectivity index (χ0) is 12.4. The Balaban J connectivity index is 2.19. The second-order valence-corrected chi connectivity index (χ2v) is 5.17. The lowest BCUT2D eigenvalue weighted by Crippen LogP contribution is -2.14. The van der Waals surface area contributed by atoms with Crippen LogP contribution in [0.5, 0.6) is 0 Å². The van der Waals surface area contributed by atoms with Crippen molar-refractivity contribution in [3.8, 4) is 0 Å². The van der Waals surface area contributed by atoms with Crippen molar-refractivity contribution < 1.29 is 0 Å². The molecular weight excluding hydrogens is 278 g/mol. The second kappa shape index (κ2) is 5.02. The lowest BCUT2D eigenvalue weighted by atomic mass is 10.0. The van der Waals surface area contributed by atoms with Crippen LogP contribution in [0.3, 0.4) is 0 Å². The van der Waals surface area contributed by atoms with Crippen molar-refractivity contribution in [2.24, 2.45) is 12.8 Å². The van der Waals surface area contributed by atoms with Gasteiger partial charge in [-0.1, -0.05) is 33.6 Å². The molecule has 0 saturated carbocycles. The van der Waals surface area contributed by atoms with Crippen molar-refractivity contribution in [1.82, 2.24) is 9.78 Å². The van der Waals surface area contributed by atoms with Crippen LogP contribution in [0.2, 0.25) is 0 Å². The van der Waals surface area contributed by atoms with E-state index < -0.39 is 0 Å². The van der Waals surface area contributed by atoms with Crippen LogP contribution in [0.4, 0.5) is 0 Å². The van der Waals surface area contributed by atoms with Crippen LogP contribution in [0.15, 0.2) is 34.9 Å². The van der Waals surface area contributed by atoms with Crippen LogP contribution >= 0.6 is 15.9 Å². The number of hydrogen-bond donors (Lipinski definition) is 1. The SMILES string of the molecule is Cc1ccc(Br)c(C(N)Cc2ccn(C)n2)c1. The molecule has 17 heavy (non-hydrogen) atoms. The Kier molecular flexibility index (Phi) is 3.64. The van der Waals surface area contributed by atoms with E-state index in [9.17, 15) is 0 Å². The van der Waals surface area contributed by atoms with Crippen LogP contribution in [-0.2, 0) is 13.5 Å². The van der Waals surface area contributed by atoms with Gasteiger partial charge in [-0.25, -0.2) is 0 Å². The number of nitrogens with two attached hydrogens (primary N) is 1. The molecule has 0 saturated heterocycles. The van der Waals surface area contributed by atoms with Gasteiger partial charge >= 0.3 is 0 Å². The van der Waals surface area contributed by atoms with Crippen LogP contribution in [0.25, 0.3) is 0 Å². The molecule has 4 heteroatoms. The standard InChI is InChI=1S/C13H16BrN3/c1-9-3-4-12(14)11(7-9)13(15)8-10-5-6-17(2)16-10/h3-7,13H,8,15H2,1-2H3. The largest absolute Gasteiger partial charge is 0.324 e. The molecule has 0 aliphatic rings. The predicted octanol–water partition coefficient (Wildman–Crippen LogP) is 2.73. The van der Waals surface area contributed by atoms with Gasteiger partial charge < -0.3 is 5.73 Å². The number of benzene rings is 1. The van der Waals surface area contributed by atoms with Gasteiger partial charge in [0.15, 0.2) is 0 Å². The lowest BCUT2D eigenvalue weighted by Gasteiger charge is -2.13. The van der Waals surface area contributed by atoms with Gasteiger partial charge in [0.25, 0.3) is 0 Å². The molecule has 1 atom stereocenters. The molecule has 90 valence electrons. The number of nitrogens with zero attached hydrogens (tertiary/aromatic N) is 2. The minimum Gasteiger partial charge on any atom is -0.324 e. The number of hydrogen-bond acceptors (Lipinski definition) is 2. The molecule has 3 nitrogen and oxygen atoms in total. The second-order valence-electron chi connectivity index (χ2n) is 4.32. The summed E-state index contributed by atoms with van der Waals surface area (Å²) in [6.07, 6.45) is 2.69. The first-order chi connectivity index (χ1) is 8.06. The normalized spacial score (nSPS) is 12.7. The fourth-order valence-corrected chi connectivity index (χ4v) is 2.40. The van der Waals surface area contributed by atoms with Crippen LogP contribution in [-0.4, -0.2) is 9.78 Å². The minimum absolute atomic E-state index is 0.0285. The molecule has 0 fully saturated rings. The first-order valence-corrected chi connectivity index (χ1v) is 6.35. The highest BCUT2D eigenvalue weighted by Crippen LogP contribution is 2.25. The summed E-state index contributed by atoms with van der Waals surface area (Å²) in [5.41, 5.74) is 9.61. The molecule has 0 aliphatic heterocycles. The average molecular weight is 294 g/mol. The van der Waals surface area contributed by atoms with Crippen LogP contribution in [0, 0.1) is 6.92 Å². The number of aryl methyl sites for hydroxylation is 2. The summed E-state index contributed by atoms with van der Waals surface area (Å²) in [6, 6.07) is 8.21. The molecule has 1 heterocycles. The van der Waals surface area contributed by atoms with Gasteiger partial charge in [0, 0.05) is 30.2 Å². The van der Waals surface area contributed by atoms with E-state index in [1.54, 1.807) is 4.68 Å². The summed E-state index contributed by atoms with van der Waals surface area (Å²) in [4.78, 5) is 0. The van der Waals surface area contributed by atoms with Gasteiger partial charge in [-0.15, -0.1) is 0 Å². The van der Waals surface area contributed by atoms with Crippen molar-refractivity contribution in [2.45, 2.75) is 19.4 Å². The molecule has 2 N–H and O–H groups in total. The highest BCUT2D eigenvalue weighted by molar-refractivity contribution is 9.10. The van der Waals surface area contributed by atoms with Crippen molar-refractivity contribution in [2.75, 3.05) is 0 Å². The van der Waals surface area contributed by atoms with Crippen molar-refractivity contribution >= 4 is 15.9 Å². The molecule has 0 spiro atoms. The Morgan fingerprint density at radius 2 is 2.18 bits per heavy atom. The Bertz CT molecular complexity index is 519. The van der Waals surface area contributed by atoms with Crippen molar-refractivity contribution in [3.63, 3.8) is 0 Å². The van der Waals surface area contributed by atoms with E-state index in [1.807, 2.05) is 25.4 Å². The van der Waals surface area contributed by atoms with E-state index in [0.29, 0.717) is 0 Å². The zero-order valence-corrected chi connectivity index (χ0v) is 11.6. The molecule has 0 aliphatic carbocycles. The third-order valence-corrected chi connectivity index (χ3v) is 3.47. The quantitative estimate of drug-likeness (QED) is 0.946. The van der Waals surface area contributed by atoms with E-state index in [1.165, 1.54) is 5.56 Å². The predicted molar refractivity (Wildman–Crippen MR) is 72.7 cm³/mol.